The maximum atomic E-state index is 4.88. The van der Waals surface area contributed by atoms with Crippen molar-refractivity contribution < 1.29 is 0 Å². The molecule has 0 amide bonds. The monoisotopic (exact) mass is 372 g/mol. The SMILES string of the molecule is CC(C)c1cc(N2Cc3ccccc3C(C)(C)C2)nc(Nc2ccccc2)n1. The first-order valence-electron chi connectivity index (χ1n) is 9.97. The number of fused-ring (bicyclic) bond motifs is 1. The summed E-state index contributed by atoms with van der Waals surface area (Å²) in [7, 11) is 0. The van der Waals surface area contributed by atoms with Crippen molar-refractivity contribution in [3.8, 4) is 0 Å². The average Bonchev–Trinajstić information content (AvgIpc) is 2.68. The summed E-state index contributed by atoms with van der Waals surface area (Å²) in [5, 5.41) is 3.37. The zero-order valence-electron chi connectivity index (χ0n) is 17.1. The van der Waals surface area contributed by atoms with E-state index in [4.69, 9.17) is 9.97 Å². The highest BCUT2D eigenvalue weighted by molar-refractivity contribution is 5.57. The van der Waals surface area contributed by atoms with Crippen LogP contribution in [0.4, 0.5) is 17.5 Å². The summed E-state index contributed by atoms with van der Waals surface area (Å²) in [6.45, 7) is 10.8. The quantitative estimate of drug-likeness (QED) is 0.643. The largest absolute Gasteiger partial charge is 0.351 e. The molecule has 1 aliphatic heterocycles. The molecule has 0 fully saturated rings. The Balaban J connectivity index is 1.71. The lowest BCUT2D eigenvalue weighted by Gasteiger charge is -2.40. The number of aromatic nitrogens is 2. The van der Waals surface area contributed by atoms with Crippen LogP contribution in [0.25, 0.3) is 0 Å². The van der Waals surface area contributed by atoms with Crippen molar-refractivity contribution in [2.45, 2.75) is 45.6 Å². The highest BCUT2D eigenvalue weighted by atomic mass is 15.2. The Morgan fingerprint density at radius 1 is 0.964 bits per heavy atom. The van der Waals surface area contributed by atoms with E-state index in [1.54, 1.807) is 0 Å². The van der Waals surface area contributed by atoms with E-state index in [2.05, 4.69) is 68.2 Å². The van der Waals surface area contributed by atoms with Gasteiger partial charge in [-0.25, -0.2) is 4.98 Å². The van der Waals surface area contributed by atoms with E-state index in [0.29, 0.717) is 11.9 Å². The van der Waals surface area contributed by atoms with Crippen LogP contribution < -0.4 is 10.2 Å². The van der Waals surface area contributed by atoms with Crippen LogP contribution in [0, 0.1) is 0 Å². The van der Waals surface area contributed by atoms with Gasteiger partial charge in [-0.3, -0.25) is 0 Å². The summed E-state index contributed by atoms with van der Waals surface area (Å²) in [4.78, 5) is 12.0. The number of para-hydroxylation sites is 1. The van der Waals surface area contributed by atoms with Crippen molar-refractivity contribution >= 4 is 17.5 Å². The first-order valence-corrected chi connectivity index (χ1v) is 9.97. The molecule has 1 N–H and O–H groups in total. The predicted octanol–water partition coefficient (Wildman–Crippen LogP) is 5.64. The second kappa shape index (κ2) is 7.27. The van der Waals surface area contributed by atoms with Gasteiger partial charge in [0, 0.05) is 30.3 Å². The maximum Gasteiger partial charge on any atom is 0.229 e. The van der Waals surface area contributed by atoms with E-state index in [0.717, 1.165) is 30.3 Å². The Labute approximate surface area is 167 Å². The third-order valence-electron chi connectivity index (χ3n) is 5.37. The zero-order valence-corrected chi connectivity index (χ0v) is 17.1. The topological polar surface area (TPSA) is 41.1 Å². The van der Waals surface area contributed by atoms with Crippen LogP contribution in [-0.4, -0.2) is 16.5 Å². The molecule has 0 unspecified atom stereocenters. The standard InChI is InChI=1S/C24H28N4/c1-17(2)21-14-22(27-23(26-21)25-19-11-6-5-7-12-19)28-15-18-10-8-9-13-20(18)24(3,4)16-28/h5-14,17H,15-16H2,1-4H3,(H,25,26,27). The van der Waals surface area contributed by atoms with Gasteiger partial charge in [0.15, 0.2) is 0 Å². The van der Waals surface area contributed by atoms with Crippen LogP contribution in [0.5, 0.6) is 0 Å². The molecule has 144 valence electrons. The molecule has 2 aromatic carbocycles. The molecule has 0 saturated heterocycles. The Morgan fingerprint density at radius 2 is 1.68 bits per heavy atom. The lowest BCUT2D eigenvalue weighted by molar-refractivity contribution is 0.474. The van der Waals surface area contributed by atoms with Crippen LogP contribution in [0.1, 0.15) is 50.4 Å². The van der Waals surface area contributed by atoms with E-state index in [-0.39, 0.29) is 5.41 Å². The summed E-state index contributed by atoms with van der Waals surface area (Å²) < 4.78 is 0. The summed E-state index contributed by atoms with van der Waals surface area (Å²) in [6.07, 6.45) is 0. The van der Waals surface area contributed by atoms with Crippen molar-refractivity contribution in [3.05, 3.63) is 77.5 Å². The van der Waals surface area contributed by atoms with Crippen LogP contribution >= 0.6 is 0 Å². The number of hydrogen-bond donors (Lipinski definition) is 1. The van der Waals surface area contributed by atoms with Gasteiger partial charge in [0.05, 0.1) is 5.69 Å². The Kier molecular flexibility index (Phi) is 4.80. The van der Waals surface area contributed by atoms with Crippen molar-refractivity contribution in [2.75, 3.05) is 16.8 Å². The van der Waals surface area contributed by atoms with Gasteiger partial charge < -0.3 is 10.2 Å². The Morgan fingerprint density at radius 3 is 2.43 bits per heavy atom. The molecule has 0 atom stereocenters. The minimum absolute atomic E-state index is 0.0742. The van der Waals surface area contributed by atoms with E-state index >= 15 is 0 Å². The molecule has 1 aromatic heterocycles. The molecule has 2 heterocycles. The van der Waals surface area contributed by atoms with E-state index < -0.39 is 0 Å². The fraction of sp³-hybridized carbons (Fsp3) is 0.333. The first kappa shape index (κ1) is 18.5. The van der Waals surface area contributed by atoms with Crippen molar-refractivity contribution in [3.63, 3.8) is 0 Å². The summed E-state index contributed by atoms with van der Waals surface area (Å²) in [5.74, 6) is 1.98. The lowest BCUT2D eigenvalue weighted by Crippen LogP contribution is -2.42. The summed E-state index contributed by atoms with van der Waals surface area (Å²) >= 11 is 0. The Hall–Kier alpha value is -2.88. The van der Waals surface area contributed by atoms with Gasteiger partial charge in [-0.05, 0) is 29.2 Å². The van der Waals surface area contributed by atoms with Crippen LogP contribution in [0.2, 0.25) is 0 Å². The van der Waals surface area contributed by atoms with Gasteiger partial charge in [-0.15, -0.1) is 0 Å². The molecule has 3 aromatic rings. The molecule has 4 rings (SSSR count). The van der Waals surface area contributed by atoms with E-state index in [1.165, 1.54) is 11.1 Å². The van der Waals surface area contributed by atoms with Gasteiger partial charge in [0.25, 0.3) is 0 Å². The maximum absolute atomic E-state index is 4.88. The number of anilines is 3. The second-order valence-corrected chi connectivity index (χ2v) is 8.52. The van der Waals surface area contributed by atoms with Crippen molar-refractivity contribution in [1.82, 2.24) is 9.97 Å². The van der Waals surface area contributed by atoms with Crippen LogP contribution in [0.3, 0.4) is 0 Å². The zero-order chi connectivity index (χ0) is 19.7. The third kappa shape index (κ3) is 3.72. The molecule has 0 bridgehead atoms. The smallest absolute Gasteiger partial charge is 0.229 e. The van der Waals surface area contributed by atoms with E-state index in [1.807, 2.05) is 30.3 Å². The average molecular weight is 373 g/mol. The van der Waals surface area contributed by atoms with Gasteiger partial charge in [0.1, 0.15) is 5.82 Å². The molecule has 4 heteroatoms. The second-order valence-electron chi connectivity index (χ2n) is 8.52. The molecule has 0 radical (unpaired) electrons. The molecule has 1 aliphatic rings. The fourth-order valence-electron chi connectivity index (χ4n) is 3.92. The first-order chi connectivity index (χ1) is 13.4. The van der Waals surface area contributed by atoms with Crippen molar-refractivity contribution in [1.29, 1.82) is 0 Å². The normalized spacial score (nSPS) is 15.4. The minimum atomic E-state index is 0.0742. The molecule has 0 aliphatic carbocycles. The molecule has 4 nitrogen and oxygen atoms in total. The number of hydrogen-bond acceptors (Lipinski definition) is 4. The fourth-order valence-corrected chi connectivity index (χ4v) is 3.92. The third-order valence-corrected chi connectivity index (χ3v) is 5.37. The van der Waals surface area contributed by atoms with Crippen LogP contribution in [-0.2, 0) is 12.0 Å². The molecular formula is C24H28N4. The molecule has 0 saturated carbocycles. The number of benzene rings is 2. The summed E-state index contributed by atoms with van der Waals surface area (Å²) in [5.41, 5.74) is 4.94. The van der Waals surface area contributed by atoms with E-state index in [9.17, 15) is 0 Å². The van der Waals surface area contributed by atoms with Gasteiger partial charge >= 0.3 is 0 Å². The highest BCUT2D eigenvalue weighted by Gasteiger charge is 2.32. The highest BCUT2D eigenvalue weighted by Crippen LogP contribution is 2.35. The molecular weight excluding hydrogens is 344 g/mol. The number of nitrogens with zero attached hydrogens (tertiary/aromatic N) is 3. The molecule has 0 spiro atoms. The number of rotatable bonds is 4. The van der Waals surface area contributed by atoms with Crippen LogP contribution in [0.15, 0.2) is 60.7 Å². The molecule has 28 heavy (non-hydrogen) atoms. The Bertz CT molecular complexity index is 963. The predicted molar refractivity (Wildman–Crippen MR) is 116 cm³/mol. The van der Waals surface area contributed by atoms with Gasteiger partial charge in [-0.1, -0.05) is 70.2 Å². The lowest BCUT2D eigenvalue weighted by atomic mass is 9.78. The summed E-state index contributed by atoms with van der Waals surface area (Å²) in [6, 6.07) is 21.0. The number of nitrogens with one attached hydrogen (secondary N) is 1. The van der Waals surface area contributed by atoms with Crippen molar-refractivity contribution in [2.24, 2.45) is 0 Å². The minimum Gasteiger partial charge on any atom is -0.351 e. The van der Waals surface area contributed by atoms with Gasteiger partial charge in [-0.2, -0.15) is 4.98 Å². The van der Waals surface area contributed by atoms with Gasteiger partial charge in [0.2, 0.25) is 5.95 Å².